The van der Waals surface area contributed by atoms with Gasteiger partial charge in [0.2, 0.25) is 0 Å². The second-order valence-electron chi connectivity index (χ2n) is 9.61. The van der Waals surface area contributed by atoms with Gasteiger partial charge < -0.3 is 9.84 Å². The van der Waals surface area contributed by atoms with Crippen LogP contribution in [0.2, 0.25) is 0 Å². The number of ether oxygens (including phenoxy) is 1. The van der Waals surface area contributed by atoms with E-state index in [0.717, 1.165) is 18.5 Å². The summed E-state index contributed by atoms with van der Waals surface area (Å²) in [6, 6.07) is 7.52. The van der Waals surface area contributed by atoms with Crippen molar-refractivity contribution in [2.24, 2.45) is 11.8 Å². The maximum atomic E-state index is 14.0. The number of hydrogen-bond acceptors (Lipinski definition) is 3. The Morgan fingerprint density at radius 2 is 1.71 bits per heavy atom. The Morgan fingerprint density at radius 1 is 1.00 bits per heavy atom. The van der Waals surface area contributed by atoms with Gasteiger partial charge in [-0.2, -0.15) is 26.3 Å². The number of fused-ring (bicyclic) bond motifs is 1. The Morgan fingerprint density at radius 3 is 2.34 bits per heavy atom. The highest BCUT2D eigenvalue weighted by molar-refractivity contribution is 5.89. The Balaban J connectivity index is 1.51. The zero-order valence-corrected chi connectivity index (χ0v) is 19.0. The summed E-state index contributed by atoms with van der Waals surface area (Å²) in [6.45, 7) is 1.86. The SMILES string of the molecule is O=C(O)C[C@H]1CCN(Cc2ccc3c(C(F)(F)F)c(O[C@H]4CC[C@@H](C(F)(F)F)CC4)ccc3c2)C1. The molecule has 1 N–H and O–H groups in total. The smallest absolute Gasteiger partial charge is 0.420 e. The molecule has 4 rings (SSSR count). The van der Waals surface area contributed by atoms with Gasteiger partial charge in [0, 0.05) is 19.5 Å². The van der Waals surface area contributed by atoms with Gasteiger partial charge in [-0.25, -0.2) is 0 Å². The van der Waals surface area contributed by atoms with E-state index in [-0.39, 0.29) is 49.2 Å². The molecule has 2 fully saturated rings. The highest BCUT2D eigenvalue weighted by Gasteiger charge is 2.42. The Kier molecular flexibility index (Phi) is 7.22. The summed E-state index contributed by atoms with van der Waals surface area (Å²) in [4.78, 5) is 13.0. The minimum atomic E-state index is -4.70. The van der Waals surface area contributed by atoms with Crippen LogP contribution in [0.1, 0.15) is 49.7 Å². The first kappa shape index (κ1) is 25.6. The summed E-state index contributed by atoms with van der Waals surface area (Å²) in [5, 5.41) is 9.34. The lowest BCUT2D eigenvalue weighted by Gasteiger charge is -2.31. The number of carboxylic acid groups (broad SMARTS) is 1. The Hall–Kier alpha value is -2.49. The zero-order valence-electron chi connectivity index (χ0n) is 19.0. The molecule has 2 aromatic carbocycles. The molecule has 0 unspecified atom stereocenters. The number of carbonyl (C=O) groups is 1. The van der Waals surface area contributed by atoms with E-state index in [9.17, 15) is 31.1 Å². The molecule has 35 heavy (non-hydrogen) atoms. The van der Waals surface area contributed by atoms with Crippen molar-refractivity contribution in [1.82, 2.24) is 4.90 Å². The third-order valence-corrected chi connectivity index (χ3v) is 7.00. The van der Waals surface area contributed by atoms with E-state index in [1.165, 1.54) is 12.1 Å². The van der Waals surface area contributed by atoms with E-state index in [4.69, 9.17) is 9.84 Å². The molecule has 0 spiro atoms. The van der Waals surface area contributed by atoms with Crippen LogP contribution in [0.5, 0.6) is 5.75 Å². The summed E-state index contributed by atoms with van der Waals surface area (Å²) in [6.07, 6.45) is -9.03. The third-order valence-electron chi connectivity index (χ3n) is 7.00. The maximum absolute atomic E-state index is 14.0. The summed E-state index contributed by atoms with van der Waals surface area (Å²) in [5.74, 6) is -2.57. The zero-order chi connectivity index (χ0) is 25.4. The van der Waals surface area contributed by atoms with Crippen LogP contribution >= 0.6 is 0 Å². The molecule has 1 aliphatic heterocycles. The fraction of sp³-hybridized carbons (Fsp3) is 0.560. The summed E-state index contributed by atoms with van der Waals surface area (Å²) >= 11 is 0. The van der Waals surface area contributed by atoms with Crippen molar-refractivity contribution in [3.05, 3.63) is 41.5 Å². The minimum absolute atomic E-state index is 0.0205. The number of hydrogen-bond donors (Lipinski definition) is 1. The highest BCUT2D eigenvalue weighted by atomic mass is 19.4. The van der Waals surface area contributed by atoms with Crippen molar-refractivity contribution < 1.29 is 41.0 Å². The molecule has 0 amide bonds. The van der Waals surface area contributed by atoms with Crippen molar-refractivity contribution >= 4 is 16.7 Å². The lowest BCUT2D eigenvalue weighted by atomic mass is 9.87. The van der Waals surface area contributed by atoms with Crippen molar-refractivity contribution in [3.8, 4) is 5.75 Å². The normalized spacial score (nSPS) is 24.1. The summed E-state index contributed by atoms with van der Waals surface area (Å²) < 4.78 is 86.5. The largest absolute Gasteiger partial charge is 0.490 e. The molecule has 2 aromatic rings. The molecule has 1 aliphatic carbocycles. The topological polar surface area (TPSA) is 49.8 Å². The summed E-state index contributed by atoms with van der Waals surface area (Å²) in [7, 11) is 0. The van der Waals surface area contributed by atoms with Gasteiger partial charge in [0.25, 0.3) is 0 Å². The number of alkyl halides is 6. The van der Waals surface area contributed by atoms with Crippen LogP contribution < -0.4 is 4.74 Å². The van der Waals surface area contributed by atoms with Crippen LogP contribution in [-0.4, -0.2) is 41.3 Å². The predicted octanol–water partition coefficient (Wildman–Crippen LogP) is 6.66. The number of benzene rings is 2. The van der Waals surface area contributed by atoms with Crippen molar-refractivity contribution in [1.29, 1.82) is 0 Å². The average molecular weight is 503 g/mol. The van der Waals surface area contributed by atoms with Crippen LogP contribution in [0.15, 0.2) is 30.3 Å². The van der Waals surface area contributed by atoms with Gasteiger partial charge in [0.1, 0.15) is 11.3 Å². The quantitative estimate of drug-likeness (QED) is 0.448. The van der Waals surface area contributed by atoms with E-state index in [2.05, 4.69) is 4.90 Å². The molecule has 10 heteroatoms. The van der Waals surface area contributed by atoms with Crippen LogP contribution in [0.4, 0.5) is 26.3 Å². The molecule has 192 valence electrons. The number of halogens is 6. The predicted molar refractivity (Wildman–Crippen MR) is 117 cm³/mol. The monoisotopic (exact) mass is 503 g/mol. The second kappa shape index (κ2) is 9.87. The van der Waals surface area contributed by atoms with Gasteiger partial charge in [0.05, 0.1) is 12.0 Å². The van der Waals surface area contributed by atoms with E-state index >= 15 is 0 Å². The molecule has 1 atom stereocenters. The first-order valence-electron chi connectivity index (χ1n) is 11.7. The van der Waals surface area contributed by atoms with E-state index in [0.29, 0.717) is 18.5 Å². The molecule has 4 nitrogen and oxygen atoms in total. The third kappa shape index (κ3) is 6.20. The standard InChI is InChI=1S/C25H27F6NO3/c26-24(27,28)18-3-5-19(6-4-18)35-21-8-2-17-11-15(1-7-20(17)23(21)25(29,30)31)13-32-10-9-16(14-32)12-22(33)34/h1-2,7-8,11,16,18-19H,3-6,9-10,12-14H2,(H,33,34)/t16-,18-,19+/m1/s1. The fourth-order valence-electron chi connectivity index (χ4n) is 5.26. The summed E-state index contributed by atoms with van der Waals surface area (Å²) in [5.41, 5.74) is -0.0945. The number of carboxylic acids is 1. The van der Waals surface area contributed by atoms with Gasteiger partial charge in [-0.15, -0.1) is 0 Å². The van der Waals surface area contributed by atoms with E-state index in [1.54, 1.807) is 18.2 Å². The van der Waals surface area contributed by atoms with Gasteiger partial charge >= 0.3 is 18.3 Å². The van der Waals surface area contributed by atoms with Gasteiger partial charge in [-0.3, -0.25) is 9.69 Å². The first-order valence-corrected chi connectivity index (χ1v) is 11.7. The first-order chi connectivity index (χ1) is 16.4. The molecule has 2 aliphatic rings. The van der Waals surface area contributed by atoms with Gasteiger partial charge in [-0.1, -0.05) is 18.2 Å². The lowest BCUT2D eigenvalue weighted by molar-refractivity contribution is -0.185. The fourth-order valence-corrected chi connectivity index (χ4v) is 5.26. The van der Waals surface area contributed by atoms with Crippen LogP contribution in [0, 0.1) is 11.8 Å². The number of nitrogens with zero attached hydrogens (tertiary/aromatic N) is 1. The Bertz CT molecular complexity index is 1060. The molecule has 0 radical (unpaired) electrons. The van der Waals surface area contributed by atoms with E-state index < -0.39 is 35.9 Å². The van der Waals surface area contributed by atoms with Crippen molar-refractivity contribution in [2.75, 3.05) is 13.1 Å². The molecular weight excluding hydrogens is 476 g/mol. The molecule has 1 saturated carbocycles. The molecule has 0 aromatic heterocycles. The van der Waals surface area contributed by atoms with Crippen LogP contribution in [0.25, 0.3) is 10.8 Å². The highest BCUT2D eigenvalue weighted by Crippen LogP contribution is 2.44. The van der Waals surface area contributed by atoms with Crippen molar-refractivity contribution in [2.45, 2.75) is 63.5 Å². The van der Waals surface area contributed by atoms with Gasteiger partial charge in [-0.05, 0) is 73.0 Å². The molecule has 1 heterocycles. The second-order valence-corrected chi connectivity index (χ2v) is 9.61. The Labute approximate surface area is 198 Å². The van der Waals surface area contributed by atoms with Crippen LogP contribution in [0.3, 0.4) is 0 Å². The number of aliphatic carboxylic acids is 1. The molecule has 1 saturated heterocycles. The van der Waals surface area contributed by atoms with Crippen molar-refractivity contribution in [3.63, 3.8) is 0 Å². The number of likely N-dealkylation sites (tertiary alicyclic amines) is 1. The lowest BCUT2D eigenvalue weighted by Crippen LogP contribution is -2.32. The van der Waals surface area contributed by atoms with Gasteiger partial charge in [0.15, 0.2) is 0 Å². The molecule has 0 bridgehead atoms. The maximum Gasteiger partial charge on any atom is 0.420 e. The average Bonchev–Trinajstić information content (AvgIpc) is 3.18. The molecular formula is C25H27F6NO3. The minimum Gasteiger partial charge on any atom is -0.490 e. The van der Waals surface area contributed by atoms with Crippen LogP contribution in [-0.2, 0) is 17.5 Å². The van der Waals surface area contributed by atoms with E-state index in [1.807, 2.05) is 0 Å². The number of rotatable bonds is 6.